The molecule has 1 atom stereocenters. The van der Waals surface area contributed by atoms with Gasteiger partial charge in [0.2, 0.25) is 0 Å². The Morgan fingerprint density at radius 3 is 1.68 bits per heavy atom. The lowest BCUT2D eigenvalue weighted by Crippen LogP contribution is -2.33. The average molecular weight is 289 g/mol. The fraction of sp³-hybridized carbons (Fsp3) is 0.933. The van der Waals surface area contributed by atoms with Gasteiger partial charge in [-0.3, -0.25) is 4.79 Å². The third-order valence-corrected chi connectivity index (χ3v) is 6.37. The molecule has 0 aliphatic carbocycles. The molecule has 4 heteroatoms. The molecular weight excluding hydrogens is 256 g/mol. The molecule has 0 saturated heterocycles. The van der Waals surface area contributed by atoms with Crippen molar-refractivity contribution in [1.29, 1.82) is 0 Å². The van der Waals surface area contributed by atoms with Crippen LogP contribution in [-0.4, -0.2) is 30.9 Å². The minimum Gasteiger partial charge on any atom is -0.481 e. The lowest BCUT2D eigenvalue weighted by atomic mass is 10.1. The van der Waals surface area contributed by atoms with Crippen LogP contribution in [0.15, 0.2) is 0 Å². The van der Waals surface area contributed by atoms with Crippen molar-refractivity contribution in [2.45, 2.75) is 83.0 Å². The summed E-state index contributed by atoms with van der Waals surface area (Å²) in [5.74, 6) is -0.594. The first-order chi connectivity index (χ1) is 8.89. The number of aliphatic hydroxyl groups is 1. The van der Waals surface area contributed by atoms with E-state index in [2.05, 4.69) is 19.6 Å². The highest BCUT2D eigenvalue weighted by Gasteiger charge is 2.31. The lowest BCUT2D eigenvalue weighted by Gasteiger charge is -2.24. The van der Waals surface area contributed by atoms with E-state index in [4.69, 9.17) is 5.11 Å². The van der Waals surface area contributed by atoms with E-state index in [0.29, 0.717) is 6.61 Å². The van der Waals surface area contributed by atoms with E-state index in [1.54, 1.807) is 0 Å². The first kappa shape index (κ1) is 18.6. The van der Waals surface area contributed by atoms with Gasteiger partial charge in [-0.2, -0.15) is 0 Å². The van der Waals surface area contributed by atoms with E-state index < -0.39 is 14.0 Å². The number of aliphatic hydroxyl groups excluding tert-OH is 1. The molecule has 0 amide bonds. The molecule has 0 aromatic carbocycles. The molecule has 0 bridgehead atoms. The average Bonchev–Trinajstić information content (AvgIpc) is 2.29. The summed E-state index contributed by atoms with van der Waals surface area (Å²) in [5.41, 5.74) is -0.0861. The maximum Gasteiger partial charge on any atom is 0.303 e. The van der Waals surface area contributed by atoms with Crippen molar-refractivity contribution in [1.82, 2.24) is 0 Å². The topological polar surface area (TPSA) is 57.5 Å². The van der Waals surface area contributed by atoms with E-state index in [0.717, 1.165) is 32.1 Å². The first-order valence-corrected chi connectivity index (χ1v) is 11.3. The second-order valence-corrected chi connectivity index (χ2v) is 12.0. The second kappa shape index (κ2) is 10.4. The summed E-state index contributed by atoms with van der Waals surface area (Å²) < 4.78 is 0. The van der Waals surface area contributed by atoms with Crippen molar-refractivity contribution in [2.75, 3.05) is 6.61 Å². The predicted molar refractivity (Wildman–Crippen MR) is 83.4 cm³/mol. The number of aliphatic carboxylic acids is 1. The third kappa shape index (κ3) is 10.1. The van der Waals surface area contributed by atoms with Gasteiger partial charge in [0, 0.05) is 6.61 Å². The summed E-state index contributed by atoms with van der Waals surface area (Å²) in [4.78, 5) is 11.2. The van der Waals surface area contributed by atoms with Crippen LogP contribution in [0.1, 0.15) is 57.8 Å². The summed E-state index contributed by atoms with van der Waals surface area (Å²) in [6.45, 7) is 6.75. The Morgan fingerprint density at radius 2 is 1.32 bits per heavy atom. The van der Waals surface area contributed by atoms with Crippen LogP contribution >= 0.6 is 0 Å². The van der Waals surface area contributed by atoms with Crippen LogP contribution in [-0.2, 0) is 4.79 Å². The third-order valence-electron chi connectivity index (χ3n) is 3.74. The van der Waals surface area contributed by atoms with Gasteiger partial charge in [0.1, 0.15) is 0 Å². The molecule has 0 spiro atoms. The highest BCUT2D eigenvalue weighted by atomic mass is 28.3. The monoisotopic (exact) mass is 288 g/mol. The van der Waals surface area contributed by atoms with E-state index in [1.807, 2.05) is 0 Å². The molecule has 3 nitrogen and oxygen atoms in total. The highest BCUT2D eigenvalue weighted by molar-refractivity contribution is 6.80. The normalized spacial score (nSPS) is 13.5. The largest absolute Gasteiger partial charge is 0.481 e. The number of hydrogen-bond donors (Lipinski definition) is 2. The maximum atomic E-state index is 11.2. The molecule has 0 saturated carbocycles. The fourth-order valence-corrected chi connectivity index (χ4v) is 4.26. The van der Waals surface area contributed by atoms with Crippen molar-refractivity contribution in [3.05, 3.63) is 0 Å². The van der Waals surface area contributed by atoms with E-state index >= 15 is 0 Å². The second-order valence-electron chi connectivity index (χ2n) is 6.60. The van der Waals surface area contributed by atoms with Gasteiger partial charge in [0.05, 0.1) is 13.6 Å². The molecule has 0 aromatic heterocycles. The van der Waals surface area contributed by atoms with E-state index in [1.165, 1.54) is 25.7 Å². The molecule has 0 rings (SSSR count). The molecule has 2 N–H and O–H groups in total. The zero-order valence-corrected chi connectivity index (χ0v) is 14.0. The number of hydrogen-bond acceptors (Lipinski definition) is 2. The Labute approximate surface area is 119 Å². The standard InChI is InChI=1S/C15H32O3Si/c1-19(2,3)14(15(17)18)12-10-8-6-4-5-7-9-11-13-16/h14,16H,4-13H2,1-3H3,(H,17,18). The number of rotatable bonds is 12. The van der Waals surface area contributed by atoms with Crippen molar-refractivity contribution in [2.24, 2.45) is 0 Å². The summed E-state index contributed by atoms with van der Waals surface area (Å²) in [5, 5.41) is 17.9. The zero-order valence-electron chi connectivity index (χ0n) is 13.0. The van der Waals surface area contributed by atoms with Gasteiger partial charge >= 0.3 is 5.97 Å². The minimum atomic E-state index is -1.56. The number of carbonyl (C=O) groups is 1. The van der Waals surface area contributed by atoms with Crippen LogP contribution in [0.25, 0.3) is 0 Å². The maximum absolute atomic E-state index is 11.2. The van der Waals surface area contributed by atoms with Crippen LogP contribution < -0.4 is 0 Å². The van der Waals surface area contributed by atoms with E-state index in [-0.39, 0.29) is 5.54 Å². The molecule has 0 fully saturated rings. The fourth-order valence-electron chi connectivity index (χ4n) is 2.45. The first-order valence-electron chi connectivity index (χ1n) is 7.73. The van der Waals surface area contributed by atoms with Crippen LogP contribution in [0.2, 0.25) is 25.2 Å². The van der Waals surface area contributed by atoms with Crippen LogP contribution in [0.5, 0.6) is 0 Å². The molecule has 0 radical (unpaired) electrons. The summed E-state index contributed by atoms with van der Waals surface area (Å²) in [7, 11) is -1.56. The molecule has 0 aliphatic rings. The molecule has 0 aliphatic heterocycles. The smallest absolute Gasteiger partial charge is 0.303 e. The van der Waals surface area contributed by atoms with Gasteiger partial charge in [-0.05, 0) is 12.8 Å². The van der Waals surface area contributed by atoms with Gasteiger partial charge in [0.15, 0.2) is 0 Å². The summed E-state index contributed by atoms with van der Waals surface area (Å²) >= 11 is 0. The van der Waals surface area contributed by atoms with Gasteiger partial charge in [-0.15, -0.1) is 0 Å². The Kier molecular flexibility index (Phi) is 10.2. The lowest BCUT2D eigenvalue weighted by molar-refractivity contribution is -0.137. The van der Waals surface area contributed by atoms with Crippen molar-refractivity contribution < 1.29 is 15.0 Å². The number of carboxylic acid groups (broad SMARTS) is 1. The summed E-state index contributed by atoms with van der Waals surface area (Å²) in [6, 6.07) is 0. The predicted octanol–water partition coefficient (Wildman–Crippen LogP) is 4.28. The Balaban J connectivity index is 3.54. The number of unbranched alkanes of at least 4 members (excludes halogenated alkanes) is 7. The van der Waals surface area contributed by atoms with Crippen molar-refractivity contribution in [3.63, 3.8) is 0 Å². The summed E-state index contributed by atoms with van der Waals surface area (Å²) in [6.07, 6.45) is 10.1. The Hall–Kier alpha value is -0.353. The van der Waals surface area contributed by atoms with Gasteiger partial charge < -0.3 is 10.2 Å². The number of carboxylic acids is 1. The molecule has 0 aromatic rings. The molecule has 114 valence electrons. The van der Waals surface area contributed by atoms with Crippen molar-refractivity contribution >= 4 is 14.0 Å². The SMILES string of the molecule is C[Si](C)(C)C(CCCCCCCCCCO)C(=O)O. The van der Waals surface area contributed by atoms with Crippen molar-refractivity contribution in [3.8, 4) is 0 Å². The van der Waals surface area contributed by atoms with Crippen LogP contribution in [0, 0.1) is 0 Å². The molecule has 1 unspecified atom stereocenters. The van der Waals surface area contributed by atoms with Gasteiger partial charge in [-0.1, -0.05) is 64.6 Å². The Bertz CT molecular complexity index is 236. The Morgan fingerprint density at radius 1 is 0.895 bits per heavy atom. The molecule has 19 heavy (non-hydrogen) atoms. The van der Waals surface area contributed by atoms with Gasteiger partial charge in [-0.25, -0.2) is 0 Å². The van der Waals surface area contributed by atoms with Gasteiger partial charge in [0.25, 0.3) is 0 Å². The quantitative estimate of drug-likeness (QED) is 0.416. The minimum absolute atomic E-state index is 0.0861. The molecule has 0 heterocycles. The molecular formula is C15H32O3Si. The van der Waals surface area contributed by atoms with Crippen LogP contribution in [0.3, 0.4) is 0 Å². The zero-order chi connectivity index (χ0) is 14.7. The van der Waals surface area contributed by atoms with Crippen LogP contribution in [0.4, 0.5) is 0 Å². The highest BCUT2D eigenvalue weighted by Crippen LogP contribution is 2.28. The van der Waals surface area contributed by atoms with E-state index in [9.17, 15) is 9.90 Å².